The lowest BCUT2D eigenvalue weighted by molar-refractivity contribution is 0.156. The highest BCUT2D eigenvalue weighted by atomic mass is 127. The van der Waals surface area contributed by atoms with Gasteiger partial charge in [0.05, 0.1) is 12.1 Å². The summed E-state index contributed by atoms with van der Waals surface area (Å²) in [5.74, 6) is 1.01. The van der Waals surface area contributed by atoms with Crippen LogP contribution in [-0.2, 0) is 11.2 Å². The van der Waals surface area contributed by atoms with Gasteiger partial charge in [-0.25, -0.2) is 0 Å². The minimum Gasteiger partial charge on any atom is -0.381 e. The maximum absolute atomic E-state index is 5.63. The standard InChI is InChI=1S/C20H26N4O.HI/c1-21-19(24-12-8-20(14-24)9-13-25-15-20)23-11-7-17-5-2-4-16-6-3-10-22-18(16)17;/h2-6,10H,7-9,11-15H2,1H3,(H,21,23);1H. The zero-order chi connectivity index (χ0) is 17.1. The van der Waals surface area contributed by atoms with Crippen LogP contribution in [0.4, 0.5) is 0 Å². The molecule has 6 heteroatoms. The third-order valence-electron chi connectivity index (χ3n) is 5.53. The first-order valence-electron chi connectivity index (χ1n) is 9.16. The first-order chi connectivity index (χ1) is 12.3. The molecule has 1 spiro atoms. The topological polar surface area (TPSA) is 49.8 Å². The Morgan fingerprint density at radius 1 is 1.31 bits per heavy atom. The van der Waals surface area contributed by atoms with Crippen LogP contribution in [0.1, 0.15) is 18.4 Å². The summed E-state index contributed by atoms with van der Waals surface area (Å²) in [6.07, 6.45) is 5.20. The van der Waals surface area contributed by atoms with Gasteiger partial charge in [0.15, 0.2) is 5.96 Å². The molecule has 2 saturated heterocycles. The largest absolute Gasteiger partial charge is 0.381 e. The minimum absolute atomic E-state index is 0. The molecular formula is C20H27IN4O. The Kier molecular flexibility index (Phi) is 6.34. The van der Waals surface area contributed by atoms with Crippen LogP contribution >= 0.6 is 24.0 Å². The van der Waals surface area contributed by atoms with E-state index in [0.29, 0.717) is 5.41 Å². The Bertz CT molecular complexity index is 768. The van der Waals surface area contributed by atoms with E-state index < -0.39 is 0 Å². The SMILES string of the molecule is CN=C(NCCc1cccc2cccnc12)N1CCC2(CCOC2)C1.I. The maximum atomic E-state index is 5.63. The molecule has 2 aliphatic rings. The third kappa shape index (κ3) is 3.96. The predicted molar refractivity (Wildman–Crippen MR) is 116 cm³/mol. The summed E-state index contributed by atoms with van der Waals surface area (Å²) in [7, 11) is 1.87. The molecule has 0 radical (unpaired) electrons. The lowest BCUT2D eigenvalue weighted by Crippen LogP contribution is -2.42. The van der Waals surface area contributed by atoms with Crippen molar-refractivity contribution in [2.24, 2.45) is 10.4 Å². The van der Waals surface area contributed by atoms with Crippen molar-refractivity contribution >= 4 is 40.8 Å². The van der Waals surface area contributed by atoms with Crippen LogP contribution in [0, 0.1) is 5.41 Å². The van der Waals surface area contributed by atoms with Crippen LogP contribution in [-0.4, -0.2) is 55.7 Å². The van der Waals surface area contributed by atoms with Gasteiger partial charge in [0.25, 0.3) is 0 Å². The monoisotopic (exact) mass is 466 g/mol. The van der Waals surface area contributed by atoms with Crippen molar-refractivity contribution in [1.29, 1.82) is 0 Å². The molecule has 1 atom stereocenters. The highest BCUT2D eigenvalue weighted by Gasteiger charge is 2.42. The molecule has 140 valence electrons. The molecule has 1 aromatic carbocycles. The lowest BCUT2D eigenvalue weighted by atomic mass is 9.87. The fraction of sp³-hybridized carbons (Fsp3) is 0.500. The van der Waals surface area contributed by atoms with E-state index in [1.807, 2.05) is 19.3 Å². The molecule has 0 bridgehead atoms. The van der Waals surface area contributed by atoms with Gasteiger partial charge < -0.3 is 15.0 Å². The van der Waals surface area contributed by atoms with Gasteiger partial charge in [0.2, 0.25) is 0 Å². The molecule has 1 N–H and O–H groups in total. The molecule has 2 fully saturated rings. The normalized spacial score (nSPS) is 22.8. The number of hydrogen-bond donors (Lipinski definition) is 1. The van der Waals surface area contributed by atoms with Crippen LogP contribution < -0.4 is 5.32 Å². The number of nitrogens with zero attached hydrogens (tertiary/aromatic N) is 3. The summed E-state index contributed by atoms with van der Waals surface area (Å²) in [6.45, 7) is 4.81. The second kappa shape index (κ2) is 8.52. The summed E-state index contributed by atoms with van der Waals surface area (Å²) in [5, 5.41) is 4.74. The molecule has 3 heterocycles. The van der Waals surface area contributed by atoms with Gasteiger partial charge in [-0.15, -0.1) is 24.0 Å². The van der Waals surface area contributed by atoms with Crippen molar-refractivity contribution < 1.29 is 4.74 Å². The van der Waals surface area contributed by atoms with Crippen LogP contribution in [0.2, 0.25) is 0 Å². The number of guanidine groups is 1. The summed E-state index contributed by atoms with van der Waals surface area (Å²) in [5.41, 5.74) is 2.74. The molecule has 4 rings (SSSR count). The van der Waals surface area contributed by atoms with Gasteiger partial charge in [-0.3, -0.25) is 9.98 Å². The summed E-state index contributed by atoms with van der Waals surface area (Å²) in [4.78, 5) is 11.4. The van der Waals surface area contributed by atoms with Crippen molar-refractivity contribution in [3.05, 3.63) is 42.1 Å². The number of ether oxygens (including phenoxy) is 1. The van der Waals surface area contributed by atoms with E-state index in [9.17, 15) is 0 Å². The average Bonchev–Trinajstić information content (AvgIpc) is 3.29. The molecule has 0 amide bonds. The van der Waals surface area contributed by atoms with Gasteiger partial charge in [0.1, 0.15) is 0 Å². The smallest absolute Gasteiger partial charge is 0.193 e. The van der Waals surface area contributed by atoms with Gasteiger partial charge in [0, 0.05) is 50.3 Å². The molecule has 2 aromatic rings. The number of benzene rings is 1. The number of pyridine rings is 1. The Labute approximate surface area is 172 Å². The number of para-hydroxylation sites is 1. The molecule has 1 aromatic heterocycles. The maximum Gasteiger partial charge on any atom is 0.193 e. The van der Waals surface area contributed by atoms with E-state index in [1.54, 1.807) is 0 Å². The number of fused-ring (bicyclic) bond motifs is 1. The molecule has 0 saturated carbocycles. The van der Waals surface area contributed by atoms with E-state index in [1.165, 1.54) is 23.8 Å². The Morgan fingerprint density at radius 2 is 2.19 bits per heavy atom. The summed E-state index contributed by atoms with van der Waals surface area (Å²) < 4.78 is 5.63. The number of likely N-dealkylation sites (tertiary alicyclic amines) is 1. The zero-order valence-corrected chi connectivity index (χ0v) is 17.6. The van der Waals surface area contributed by atoms with E-state index in [2.05, 4.69) is 44.5 Å². The Morgan fingerprint density at radius 3 is 3.00 bits per heavy atom. The van der Waals surface area contributed by atoms with Crippen molar-refractivity contribution in [1.82, 2.24) is 15.2 Å². The molecular weight excluding hydrogens is 439 g/mol. The highest BCUT2D eigenvalue weighted by Crippen LogP contribution is 2.38. The van der Waals surface area contributed by atoms with Gasteiger partial charge in [-0.1, -0.05) is 24.3 Å². The molecule has 5 nitrogen and oxygen atoms in total. The van der Waals surface area contributed by atoms with Crippen LogP contribution in [0.3, 0.4) is 0 Å². The number of nitrogens with one attached hydrogen (secondary N) is 1. The van der Waals surface area contributed by atoms with Gasteiger partial charge in [-0.05, 0) is 30.9 Å². The summed E-state index contributed by atoms with van der Waals surface area (Å²) >= 11 is 0. The number of hydrogen-bond acceptors (Lipinski definition) is 3. The number of rotatable bonds is 3. The first-order valence-corrected chi connectivity index (χ1v) is 9.16. The minimum atomic E-state index is 0. The van der Waals surface area contributed by atoms with Crippen molar-refractivity contribution in [2.45, 2.75) is 19.3 Å². The molecule has 0 aliphatic carbocycles. The predicted octanol–water partition coefficient (Wildman–Crippen LogP) is 3.08. The zero-order valence-electron chi connectivity index (χ0n) is 15.3. The molecule has 2 aliphatic heterocycles. The highest BCUT2D eigenvalue weighted by molar-refractivity contribution is 14.0. The van der Waals surface area contributed by atoms with Crippen LogP contribution in [0.25, 0.3) is 10.9 Å². The molecule has 26 heavy (non-hydrogen) atoms. The van der Waals surface area contributed by atoms with E-state index in [0.717, 1.165) is 50.7 Å². The van der Waals surface area contributed by atoms with Crippen molar-refractivity contribution in [3.63, 3.8) is 0 Å². The number of halogens is 1. The van der Waals surface area contributed by atoms with Crippen LogP contribution in [0.15, 0.2) is 41.5 Å². The summed E-state index contributed by atoms with van der Waals surface area (Å²) in [6, 6.07) is 10.5. The van der Waals surface area contributed by atoms with Crippen LogP contribution in [0.5, 0.6) is 0 Å². The fourth-order valence-corrected chi connectivity index (χ4v) is 4.10. The second-order valence-electron chi connectivity index (χ2n) is 7.19. The average molecular weight is 466 g/mol. The Balaban J connectivity index is 0.00000196. The number of aliphatic imine (C=N–C) groups is 1. The third-order valence-corrected chi connectivity index (χ3v) is 5.53. The fourth-order valence-electron chi connectivity index (χ4n) is 4.10. The Hall–Kier alpha value is -1.41. The first kappa shape index (κ1) is 19.4. The van der Waals surface area contributed by atoms with E-state index >= 15 is 0 Å². The van der Waals surface area contributed by atoms with Gasteiger partial charge in [-0.2, -0.15) is 0 Å². The number of aromatic nitrogens is 1. The second-order valence-corrected chi connectivity index (χ2v) is 7.19. The van der Waals surface area contributed by atoms with E-state index in [4.69, 9.17) is 4.74 Å². The van der Waals surface area contributed by atoms with Gasteiger partial charge >= 0.3 is 0 Å². The van der Waals surface area contributed by atoms with Crippen molar-refractivity contribution in [2.75, 3.05) is 39.9 Å². The van der Waals surface area contributed by atoms with E-state index in [-0.39, 0.29) is 24.0 Å². The lowest BCUT2D eigenvalue weighted by Gasteiger charge is -2.25. The van der Waals surface area contributed by atoms with Crippen molar-refractivity contribution in [3.8, 4) is 0 Å². The quantitative estimate of drug-likeness (QED) is 0.429. The molecule has 1 unspecified atom stereocenters.